The van der Waals surface area contributed by atoms with Crippen LogP contribution in [0, 0.1) is 6.92 Å². The Hall–Kier alpha value is -2.25. The van der Waals surface area contributed by atoms with E-state index in [1.54, 1.807) is 18.3 Å². The van der Waals surface area contributed by atoms with Gasteiger partial charge in [-0.3, -0.25) is 0 Å². The molecule has 0 unspecified atom stereocenters. The Morgan fingerprint density at radius 3 is 2.50 bits per heavy atom. The molecule has 0 bridgehead atoms. The topological polar surface area (TPSA) is 67.4 Å². The summed E-state index contributed by atoms with van der Waals surface area (Å²) in [5.41, 5.74) is 0.878. The van der Waals surface area contributed by atoms with E-state index < -0.39 is 24.7 Å². The summed E-state index contributed by atoms with van der Waals surface area (Å²) >= 11 is 0. The summed E-state index contributed by atoms with van der Waals surface area (Å²) in [6.45, 7) is 0.262. The number of carbonyl (C=O) groups is 2. The molecule has 0 aliphatic carbocycles. The van der Waals surface area contributed by atoms with Gasteiger partial charge in [0.25, 0.3) is 0 Å². The van der Waals surface area contributed by atoms with Crippen molar-refractivity contribution in [3.63, 3.8) is 0 Å². The predicted molar refractivity (Wildman–Crippen MR) is 65.6 cm³/mol. The Bertz CT molecular complexity index is 515. The monoisotopic (exact) mass is 290 g/mol. The van der Waals surface area contributed by atoms with E-state index in [4.69, 9.17) is 0 Å². The van der Waals surface area contributed by atoms with Gasteiger partial charge in [-0.25, -0.2) is 9.59 Å². The average Bonchev–Trinajstić information content (AvgIpc) is 2.37. The molecule has 5 nitrogen and oxygen atoms in total. The van der Waals surface area contributed by atoms with Crippen LogP contribution in [-0.2, 0) is 4.74 Å². The van der Waals surface area contributed by atoms with Crippen molar-refractivity contribution in [3.05, 3.63) is 29.3 Å². The first-order valence-electron chi connectivity index (χ1n) is 5.53. The predicted octanol–water partition coefficient (Wildman–Crippen LogP) is 2.47. The largest absolute Gasteiger partial charge is 0.465 e. The van der Waals surface area contributed by atoms with Gasteiger partial charge in [-0.2, -0.15) is 13.2 Å². The van der Waals surface area contributed by atoms with Crippen LogP contribution in [0.25, 0.3) is 0 Å². The Morgan fingerprint density at radius 1 is 1.30 bits per heavy atom. The number of aryl methyl sites for hydroxylation is 1. The molecule has 1 aromatic rings. The van der Waals surface area contributed by atoms with Crippen molar-refractivity contribution in [2.45, 2.75) is 13.1 Å². The number of esters is 1. The van der Waals surface area contributed by atoms with E-state index in [9.17, 15) is 22.8 Å². The SMILES string of the molecule is COC(=O)c1cc(C)ccc1NC(=O)NCC(F)(F)F. The van der Waals surface area contributed by atoms with Gasteiger partial charge in [-0.15, -0.1) is 0 Å². The highest BCUT2D eigenvalue weighted by Gasteiger charge is 2.27. The van der Waals surface area contributed by atoms with Gasteiger partial charge in [0.05, 0.1) is 18.4 Å². The standard InChI is InChI=1S/C12H13F3N2O3/c1-7-3-4-9(8(5-7)10(18)20-2)17-11(19)16-6-12(13,14)15/h3-5H,6H2,1-2H3,(H2,16,17,19). The van der Waals surface area contributed by atoms with Crippen molar-refractivity contribution in [1.29, 1.82) is 0 Å². The lowest BCUT2D eigenvalue weighted by Crippen LogP contribution is -2.36. The molecule has 0 aliphatic rings. The maximum absolute atomic E-state index is 12.0. The van der Waals surface area contributed by atoms with E-state index in [0.717, 1.165) is 12.7 Å². The second kappa shape index (κ2) is 6.27. The molecular weight excluding hydrogens is 277 g/mol. The number of benzene rings is 1. The van der Waals surface area contributed by atoms with Gasteiger partial charge >= 0.3 is 18.2 Å². The van der Waals surface area contributed by atoms with Crippen molar-refractivity contribution < 1.29 is 27.5 Å². The fraction of sp³-hybridized carbons (Fsp3) is 0.333. The van der Waals surface area contributed by atoms with E-state index in [2.05, 4.69) is 10.1 Å². The first-order valence-corrected chi connectivity index (χ1v) is 5.53. The number of hydrogen-bond acceptors (Lipinski definition) is 3. The van der Waals surface area contributed by atoms with E-state index in [0.29, 0.717) is 0 Å². The number of ether oxygens (including phenoxy) is 1. The number of carbonyl (C=O) groups excluding carboxylic acids is 2. The molecule has 1 aromatic carbocycles. The number of urea groups is 1. The molecule has 0 heterocycles. The summed E-state index contributed by atoms with van der Waals surface area (Å²) in [6.07, 6.45) is -4.50. The molecule has 8 heteroatoms. The van der Waals surface area contributed by atoms with Gasteiger partial charge in [0.15, 0.2) is 0 Å². The van der Waals surface area contributed by atoms with Gasteiger partial charge in [0.2, 0.25) is 0 Å². The summed E-state index contributed by atoms with van der Waals surface area (Å²) in [6, 6.07) is 3.42. The zero-order valence-corrected chi connectivity index (χ0v) is 10.8. The van der Waals surface area contributed by atoms with Crippen LogP contribution in [-0.4, -0.2) is 31.8 Å². The van der Waals surface area contributed by atoms with Crippen molar-refractivity contribution in [1.82, 2.24) is 5.32 Å². The molecule has 2 amide bonds. The lowest BCUT2D eigenvalue weighted by molar-refractivity contribution is -0.122. The zero-order chi connectivity index (χ0) is 15.3. The van der Waals surface area contributed by atoms with Crippen LogP contribution < -0.4 is 10.6 Å². The van der Waals surface area contributed by atoms with E-state index >= 15 is 0 Å². The van der Waals surface area contributed by atoms with Crippen LogP contribution in [0.3, 0.4) is 0 Å². The number of methoxy groups -OCH3 is 1. The molecule has 110 valence electrons. The van der Waals surface area contributed by atoms with Crippen LogP contribution in [0.15, 0.2) is 18.2 Å². The van der Waals surface area contributed by atoms with Crippen molar-refractivity contribution in [3.8, 4) is 0 Å². The van der Waals surface area contributed by atoms with Gasteiger partial charge < -0.3 is 15.4 Å². The zero-order valence-electron chi connectivity index (χ0n) is 10.8. The number of alkyl halides is 3. The van der Waals surface area contributed by atoms with Crippen LogP contribution in [0.2, 0.25) is 0 Å². The number of amides is 2. The molecule has 0 saturated carbocycles. The van der Waals surface area contributed by atoms with E-state index in [1.165, 1.54) is 12.1 Å². The third-order valence-electron chi connectivity index (χ3n) is 2.28. The number of halogens is 3. The number of nitrogens with one attached hydrogen (secondary N) is 2. The summed E-state index contributed by atoms with van der Waals surface area (Å²) < 4.78 is 40.4. The molecule has 0 aliphatic heterocycles. The fourth-order valence-electron chi connectivity index (χ4n) is 1.39. The van der Waals surface area contributed by atoms with Crippen molar-refractivity contribution in [2.75, 3.05) is 19.0 Å². The highest BCUT2D eigenvalue weighted by atomic mass is 19.4. The Morgan fingerprint density at radius 2 is 1.95 bits per heavy atom. The molecule has 0 radical (unpaired) electrons. The molecular formula is C12H13F3N2O3. The van der Waals surface area contributed by atoms with E-state index in [-0.39, 0.29) is 11.3 Å². The minimum absolute atomic E-state index is 0.0645. The summed E-state index contributed by atoms with van der Waals surface area (Å²) in [5, 5.41) is 3.82. The first-order chi connectivity index (χ1) is 9.23. The average molecular weight is 290 g/mol. The van der Waals surface area contributed by atoms with E-state index in [1.807, 2.05) is 0 Å². The lowest BCUT2D eigenvalue weighted by Gasteiger charge is -2.12. The molecule has 1 rings (SSSR count). The van der Waals surface area contributed by atoms with Crippen LogP contribution in [0.4, 0.5) is 23.7 Å². The second-order valence-corrected chi connectivity index (χ2v) is 3.96. The van der Waals surface area contributed by atoms with Crippen molar-refractivity contribution >= 4 is 17.7 Å². The molecule has 0 saturated heterocycles. The normalized spacial score (nSPS) is 10.8. The summed E-state index contributed by atoms with van der Waals surface area (Å²) in [4.78, 5) is 22.8. The third-order valence-corrected chi connectivity index (χ3v) is 2.28. The minimum Gasteiger partial charge on any atom is -0.465 e. The van der Waals surface area contributed by atoms with Gasteiger partial charge in [0.1, 0.15) is 6.54 Å². The smallest absolute Gasteiger partial charge is 0.405 e. The highest BCUT2D eigenvalue weighted by Crippen LogP contribution is 2.18. The van der Waals surface area contributed by atoms with Crippen LogP contribution in [0.5, 0.6) is 0 Å². The number of hydrogen-bond donors (Lipinski definition) is 2. The summed E-state index contributed by atoms with van der Waals surface area (Å²) in [7, 11) is 1.16. The Labute approximate surface area is 113 Å². The second-order valence-electron chi connectivity index (χ2n) is 3.96. The fourth-order valence-corrected chi connectivity index (χ4v) is 1.39. The first kappa shape index (κ1) is 15.8. The minimum atomic E-state index is -4.50. The van der Waals surface area contributed by atoms with Crippen LogP contribution in [0.1, 0.15) is 15.9 Å². The summed E-state index contributed by atoms with van der Waals surface area (Å²) in [5.74, 6) is -0.695. The quantitative estimate of drug-likeness (QED) is 0.840. The maximum Gasteiger partial charge on any atom is 0.405 e. The molecule has 0 aromatic heterocycles. The molecule has 20 heavy (non-hydrogen) atoms. The third kappa shape index (κ3) is 4.79. The number of rotatable bonds is 3. The van der Waals surface area contributed by atoms with Crippen molar-refractivity contribution in [2.24, 2.45) is 0 Å². The molecule has 0 fully saturated rings. The molecule has 0 spiro atoms. The Balaban J connectivity index is 2.82. The van der Waals surface area contributed by atoms with Gasteiger partial charge in [0, 0.05) is 0 Å². The maximum atomic E-state index is 12.0. The van der Waals surface area contributed by atoms with Crippen LogP contribution >= 0.6 is 0 Å². The highest BCUT2D eigenvalue weighted by molar-refractivity contribution is 6.00. The van der Waals surface area contributed by atoms with Gasteiger partial charge in [-0.1, -0.05) is 11.6 Å². The molecule has 2 N–H and O–H groups in total. The molecule has 0 atom stereocenters. The lowest BCUT2D eigenvalue weighted by atomic mass is 10.1. The number of anilines is 1. The Kier molecular flexibility index (Phi) is 4.95. The van der Waals surface area contributed by atoms with Gasteiger partial charge in [-0.05, 0) is 19.1 Å².